The van der Waals surface area contributed by atoms with Gasteiger partial charge in [-0.1, -0.05) is 65.4 Å². The first-order chi connectivity index (χ1) is 18.0. The van der Waals surface area contributed by atoms with Gasteiger partial charge in [0.2, 0.25) is 5.13 Å². The predicted molar refractivity (Wildman–Crippen MR) is 143 cm³/mol. The molecule has 1 heterocycles. The van der Waals surface area contributed by atoms with E-state index in [1.165, 1.54) is 6.21 Å². The zero-order chi connectivity index (χ0) is 26.0. The van der Waals surface area contributed by atoms with Crippen molar-refractivity contribution < 1.29 is 19.1 Å². The topological polar surface area (TPSA) is 115 Å². The van der Waals surface area contributed by atoms with Gasteiger partial charge < -0.3 is 9.47 Å². The minimum atomic E-state index is -0.944. The first-order valence-corrected chi connectivity index (χ1v) is 12.4. The van der Waals surface area contributed by atoms with Crippen LogP contribution in [0.5, 0.6) is 11.5 Å². The standard InChI is InChI=1S/C26H22ClN5O4S/c1-2-35-22-14-18(10-13-21(22)36-16-17-8-11-20(27)12-9-17)15-28-30-24(34)23(33)29-26-32-31-25(37-26)19-6-4-3-5-7-19/h3-15H,2,16H2,1H3,(H,30,34)(H,29,32,33)/b28-15-. The molecule has 0 saturated carbocycles. The van der Waals surface area contributed by atoms with Crippen LogP contribution in [0.3, 0.4) is 0 Å². The number of halogens is 1. The number of nitrogens with zero attached hydrogens (tertiary/aromatic N) is 3. The fraction of sp³-hybridized carbons (Fsp3) is 0.115. The van der Waals surface area contributed by atoms with E-state index in [0.29, 0.717) is 40.3 Å². The maximum Gasteiger partial charge on any atom is 0.329 e. The van der Waals surface area contributed by atoms with Crippen LogP contribution in [0.25, 0.3) is 10.6 Å². The average molecular weight is 536 g/mol. The number of hydrogen-bond donors (Lipinski definition) is 2. The van der Waals surface area contributed by atoms with Crippen molar-refractivity contribution in [1.82, 2.24) is 15.6 Å². The Morgan fingerprint density at radius 1 is 0.973 bits per heavy atom. The highest BCUT2D eigenvalue weighted by Gasteiger charge is 2.16. The molecule has 0 aliphatic carbocycles. The molecule has 37 heavy (non-hydrogen) atoms. The van der Waals surface area contributed by atoms with Gasteiger partial charge in [-0.3, -0.25) is 14.9 Å². The molecule has 0 aliphatic heterocycles. The van der Waals surface area contributed by atoms with E-state index in [1.54, 1.807) is 30.3 Å². The van der Waals surface area contributed by atoms with E-state index in [9.17, 15) is 9.59 Å². The molecule has 4 aromatic rings. The van der Waals surface area contributed by atoms with E-state index in [4.69, 9.17) is 21.1 Å². The van der Waals surface area contributed by atoms with E-state index in [0.717, 1.165) is 22.5 Å². The number of rotatable bonds is 9. The zero-order valence-corrected chi connectivity index (χ0v) is 21.3. The molecule has 4 rings (SSSR count). The number of nitrogens with one attached hydrogen (secondary N) is 2. The Labute approximate surface area is 222 Å². The van der Waals surface area contributed by atoms with Gasteiger partial charge >= 0.3 is 11.8 Å². The van der Waals surface area contributed by atoms with Crippen molar-refractivity contribution in [2.24, 2.45) is 5.10 Å². The molecule has 0 spiro atoms. The van der Waals surface area contributed by atoms with Gasteiger partial charge in [0.25, 0.3) is 0 Å². The average Bonchev–Trinajstić information content (AvgIpc) is 3.38. The minimum absolute atomic E-state index is 0.207. The molecule has 0 fully saturated rings. The van der Waals surface area contributed by atoms with Crippen LogP contribution in [0.15, 0.2) is 77.9 Å². The molecule has 2 amide bonds. The quantitative estimate of drug-likeness (QED) is 0.178. The predicted octanol–water partition coefficient (Wildman–Crippen LogP) is 4.93. The first kappa shape index (κ1) is 25.8. The monoisotopic (exact) mass is 535 g/mol. The summed E-state index contributed by atoms with van der Waals surface area (Å²) >= 11 is 7.08. The molecule has 9 nitrogen and oxygen atoms in total. The fourth-order valence-electron chi connectivity index (χ4n) is 3.08. The summed E-state index contributed by atoms with van der Waals surface area (Å²) in [5.74, 6) is -0.770. The molecule has 0 unspecified atom stereocenters. The molecule has 0 atom stereocenters. The maximum absolute atomic E-state index is 12.2. The van der Waals surface area contributed by atoms with Gasteiger partial charge in [-0.15, -0.1) is 10.2 Å². The van der Waals surface area contributed by atoms with Crippen molar-refractivity contribution in [1.29, 1.82) is 0 Å². The Kier molecular flexibility index (Phi) is 8.79. The van der Waals surface area contributed by atoms with Crippen molar-refractivity contribution in [3.05, 3.63) is 88.9 Å². The molecule has 1 aromatic heterocycles. The molecule has 11 heteroatoms. The third kappa shape index (κ3) is 7.35. The lowest BCUT2D eigenvalue weighted by molar-refractivity contribution is -0.136. The van der Waals surface area contributed by atoms with Gasteiger partial charge in [-0.25, -0.2) is 5.43 Å². The van der Waals surface area contributed by atoms with E-state index in [-0.39, 0.29) is 5.13 Å². The van der Waals surface area contributed by atoms with E-state index < -0.39 is 11.8 Å². The van der Waals surface area contributed by atoms with Crippen LogP contribution in [0.4, 0.5) is 5.13 Å². The Balaban J connectivity index is 1.32. The summed E-state index contributed by atoms with van der Waals surface area (Å²) in [6, 6.07) is 22.0. The van der Waals surface area contributed by atoms with Crippen LogP contribution < -0.4 is 20.2 Å². The second kappa shape index (κ2) is 12.6. The van der Waals surface area contributed by atoms with Gasteiger partial charge in [-0.05, 0) is 48.4 Å². The second-order valence-electron chi connectivity index (χ2n) is 7.49. The molecule has 188 valence electrons. The van der Waals surface area contributed by atoms with Crippen molar-refractivity contribution in [2.75, 3.05) is 11.9 Å². The number of ether oxygens (including phenoxy) is 2. The summed E-state index contributed by atoms with van der Waals surface area (Å²) in [4.78, 5) is 24.3. The van der Waals surface area contributed by atoms with Gasteiger partial charge in [0.05, 0.1) is 12.8 Å². The summed E-state index contributed by atoms with van der Waals surface area (Å²) in [5.41, 5.74) is 4.66. The fourth-order valence-corrected chi connectivity index (χ4v) is 3.95. The third-order valence-corrected chi connectivity index (χ3v) is 5.97. The van der Waals surface area contributed by atoms with Crippen LogP contribution in [0, 0.1) is 0 Å². The van der Waals surface area contributed by atoms with Crippen LogP contribution in [-0.4, -0.2) is 34.8 Å². The van der Waals surface area contributed by atoms with Crippen LogP contribution >= 0.6 is 22.9 Å². The summed E-state index contributed by atoms with van der Waals surface area (Å²) in [6.45, 7) is 2.65. The lowest BCUT2D eigenvalue weighted by Crippen LogP contribution is -2.32. The van der Waals surface area contributed by atoms with Crippen molar-refractivity contribution >= 4 is 46.1 Å². The van der Waals surface area contributed by atoms with Crippen molar-refractivity contribution in [3.8, 4) is 22.1 Å². The molecular formula is C26H22ClN5O4S. The van der Waals surface area contributed by atoms with Gasteiger partial charge in [0.1, 0.15) is 11.6 Å². The third-order valence-electron chi connectivity index (χ3n) is 4.83. The normalized spacial score (nSPS) is 10.8. The lowest BCUT2D eigenvalue weighted by Gasteiger charge is -2.12. The number of amides is 2. The Bertz CT molecular complexity index is 1390. The van der Waals surface area contributed by atoms with E-state index in [1.807, 2.05) is 49.4 Å². The molecule has 0 radical (unpaired) electrons. The molecule has 0 saturated heterocycles. The van der Waals surface area contributed by atoms with Crippen LogP contribution in [0.2, 0.25) is 5.02 Å². The number of anilines is 1. The van der Waals surface area contributed by atoms with Crippen LogP contribution in [-0.2, 0) is 16.2 Å². The summed E-state index contributed by atoms with van der Waals surface area (Å²) < 4.78 is 11.6. The number of hydrogen-bond acceptors (Lipinski definition) is 8. The minimum Gasteiger partial charge on any atom is -0.490 e. The van der Waals surface area contributed by atoms with Gasteiger partial charge in [0.15, 0.2) is 11.5 Å². The smallest absolute Gasteiger partial charge is 0.329 e. The number of hydrazone groups is 1. The Morgan fingerprint density at radius 2 is 1.76 bits per heavy atom. The molecular weight excluding hydrogens is 514 g/mol. The second-order valence-corrected chi connectivity index (χ2v) is 8.90. The summed E-state index contributed by atoms with van der Waals surface area (Å²) in [6.07, 6.45) is 1.40. The Morgan fingerprint density at radius 3 is 2.51 bits per heavy atom. The highest BCUT2D eigenvalue weighted by Crippen LogP contribution is 2.29. The molecule has 0 aliphatic rings. The highest BCUT2D eigenvalue weighted by atomic mass is 35.5. The van der Waals surface area contributed by atoms with Gasteiger partial charge in [-0.2, -0.15) is 5.10 Å². The SMILES string of the molecule is CCOc1cc(/C=N\NC(=O)C(=O)Nc2nnc(-c3ccccc3)s2)ccc1OCc1ccc(Cl)cc1. The maximum atomic E-state index is 12.2. The summed E-state index contributed by atoms with van der Waals surface area (Å²) in [5, 5.41) is 15.7. The number of aromatic nitrogens is 2. The van der Waals surface area contributed by atoms with E-state index >= 15 is 0 Å². The number of carbonyl (C=O) groups excluding carboxylic acids is 2. The zero-order valence-electron chi connectivity index (χ0n) is 19.7. The number of benzene rings is 3. The largest absolute Gasteiger partial charge is 0.490 e. The first-order valence-electron chi connectivity index (χ1n) is 11.2. The highest BCUT2D eigenvalue weighted by molar-refractivity contribution is 7.18. The van der Waals surface area contributed by atoms with Crippen molar-refractivity contribution in [3.63, 3.8) is 0 Å². The van der Waals surface area contributed by atoms with Crippen molar-refractivity contribution in [2.45, 2.75) is 13.5 Å². The lowest BCUT2D eigenvalue weighted by atomic mass is 10.2. The molecule has 3 aromatic carbocycles. The van der Waals surface area contributed by atoms with Crippen LogP contribution in [0.1, 0.15) is 18.1 Å². The van der Waals surface area contributed by atoms with E-state index in [2.05, 4.69) is 26.0 Å². The Hall–Kier alpha value is -4.28. The van der Waals surface area contributed by atoms with Gasteiger partial charge in [0, 0.05) is 10.6 Å². The molecule has 0 bridgehead atoms. The summed E-state index contributed by atoms with van der Waals surface area (Å²) in [7, 11) is 0. The number of carbonyl (C=O) groups is 2. The molecule has 2 N–H and O–H groups in total.